The van der Waals surface area contributed by atoms with Crippen LogP contribution in [0.2, 0.25) is 0 Å². The maximum absolute atomic E-state index is 17.1. The normalized spacial score (nSPS) is 21.0. The Kier molecular flexibility index (Phi) is 14.5. The van der Waals surface area contributed by atoms with Crippen LogP contribution in [-0.2, 0) is 35.0 Å². The summed E-state index contributed by atoms with van der Waals surface area (Å²) in [5.74, 6) is 0.382. The fourth-order valence-electron chi connectivity index (χ4n) is 11.5. The number of methoxy groups -OCH3 is 3. The number of H-pyrrole nitrogens is 2. The smallest absolute Gasteiger partial charge is 0.407 e. The van der Waals surface area contributed by atoms with Gasteiger partial charge in [-0.2, -0.15) is 0 Å². The number of alkyl carbamates (subject to hydrolysis) is 2. The van der Waals surface area contributed by atoms with E-state index in [1.807, 2.05) is 70.7 Å². The van der Waals surface area contributed by atoms with Crippen LogP contribution in [0.5, 0.6) is 5.75 Å². The standard InChI is InChI=1S/C56H68FN9O9S/c1-30(2)46(62-53(69)71-7)50(67)64-19-10-12-40(64)49-59-29-38(61-49)33-23-36(57)45-42-24-34-22-31(14-16-39(34)66(42)52(75-43(45)25-33)44-17-15-35(76-44)27-55(3,4)73-9)37-28-58-48(60-37)41-13-11-20-65(41)51(68)47(63-54(70)72-8)32-18-21-74-56(5,6)26-32/h14-17,22-25,28-30,32,40-41,46-47,52H,10-13,18-21,26-27H2,1-9H3,(H,58,60)(H,59,61)(H,62,69)(H,63,70)/t32?,40-,41-,46-,47?,52?/m0/s1. The first-order valence-electron chi connectivity index (χ1n) is 26.2. The van der Waals surface area contributed by atoms with Gasteiger partial charge in [-0.05, 0) is 121 Å². The summed E-state index contributed by atoms with van der Waals surface area (Å²) in [7, 11) is 4.27. The lowest BCUT2D eigenvalue weighted by Gasteiger charge is -2.40. The summed E-state index contributed by atoms with van der Waals surface area (Å²) in [6.07, 6.45) is 6.27. The number of ether oxygens (including phenoxy) is 5. The number of hydrogen-bond donors (Lipinski definition) is 4. The van der Waals surface area contributed by atoms with Crippen LogP contribution in [0.25, 0.3) is 44.7 Å². The Labute approximate surface area is 445 Å². The van der Waals surface area contributed by atoms with Crippen molar-refractivity contribution in [2.45, 2.75) is 128 Å². The number of thiophene rings is 1. The number of aromatic amines is 2. The van der Waals surface area contributed by atoms with Crippen molar-refractivity contribution in [3.8, 4) is 39.5 Å². The number of nitrogens with one attached hydrogen (secondary N) is 4. The van der Waals surface area contributed by atoms with Crippen LogP contribution in [0.1, 0.15) is 120 Å². The molecule has 4 N–H and O–H groups in total. The Hall–Kier alpha value is -6.77. The van der Waals surface area contributed by atoms with E-state index in [9.17, 15) is 19.2 Å². The number of halogens is 1. The van der Waals surface area contributed by atoms with Crippen molar-refractivity contribution in [1.29, 1.82) is 0 Å². The number of fused-ring (bicyclic) bond motifs is 5. The number of imidazole rings is 2. The minimum Gasteiger partial charge on any atom is -0.464 e. The van der Waals surface area contributed by atoms with Crippen molar-refractivity contribution >= 4 is 46.2 Å². The highest BCUT2D eigenvalue weighted by Crippen LogP contribution is 2.49. The molecule has 2 aromatic carbocycles. The van der Waals surface area contributed by atoms with Gasteiger partial charge >= 0.3 is 12.2 Å². The number of nitrogens with zero attached hydrogens (tertiary/aromatic N) is 5. The van der Waals surface area contributed by atoms with Gasteiger partial charge in [0.05, 0.1) is 82.9 Å². The molecule has 3 unspecified atom stereocenters. The fourth-order valence-corrected chi connectivity index (χ4v) is 12.8. The molecule has 0 saturated carbocycles. The van der Waals surface area contributed by atoms with Crippen LogP contribution in [0.4, 0.5) is 14.0 Å². The second kappa shape index (κ2) is 21.0. The van der Waals surface area contributed by atoms with E-state index < -0.39 is 47.5 Å². The molecule has 0 aliphatic carbocycles. The maximum Gasteiger partial charge on any atom is 0.407 e. The molecule has 0 bridgehead atoms. The van der Waals surface area contributed by atoms with Gasteiger partial charge in [0.1, 0.15) is 35.3 Å². The topological polar surface area (TPSA) is 207 Å². The van der Waals surface area contributed by atoms with Crippen LogP contribution in [0.15, 0.2) is 60.9 Å². The SMILES string of the molecule is COC(=O)NC(C(=O)N1CCC[C@H]1c1ncc(-c2ccc3c(c2)cc2n3C(c3ccc(CC(C)(C)OC)s3)Oc3cc(-c4cnc([C@@H]5CCCN5C(=O)[C@@H](NC(=O)OC)C(C)C)[nH]4)cc(F)c3-2)[nH]1)C1CCOC(C)(C)C1. The predicted molar refractivity (Wildman–Crippen MR) is 284 cm³/mol. The molecule has 4 aliphatic heterocycles. The second-order valence-corrected chi connectivity index (χ2v) is 23.2. The zero-order chi connectivity index (χ0) is 53.8. The lowest BCUT2D eigenvalue weighted by molar-refractivity contribution is -0.139. The highest BCUT2D eigenvalue weighted by atomic mass is 32.1. The third-order valence-corrected chi connectivity index (χ3v) is 16.7. The van der Waals surface area contributed by atoms with Crippen molar-refractivity contribution in [2.24, 2.45) is 11.8 Å². The molecule has 10 rings (SSSR count). The van der Waals surface area contributed by atoms with Gasteiger partial charge < -0.3 is 54.1 Å². The number of carbonyl (C=O) groups is 4. The zero-order valence-corrected chi connectivity index (χ0v) is 45.4. The molecule has 6 aromatic rings. The molecular weight excluding hydrogens is 994 g/mol. The molecule has 8 heterocycles. The van der Waals surface area contributed by atoms with Crippen molar-refractivity contribution in [1.82, 2.24) is 44.9 Å². The molecule has 3 fully saturated rings. The first-order valence-corrected chi connectivity index (χ1v) is 27.0. The summed E-state index contributed by atoms with van der Waals surface area (Å²) in [5.41, 5.74) is 3.67. The summed E-state index contributed by atoms with van der Waals surface area (Å²) in [6.45, 7) is 13.4. The monoisotopic (exact) mass is 1060 g/mol. The molecule has 76 heavy (non-hydrogen) atoms. The third kappa shape index (κ3) is 10.3. The first-order chi connectivity index (χ1) is 36.3. The fraction of sp³-hybridized carbons (Fsp3) is 0.500. The van der Waals surface area contributed by atoms with Crippen LogP contribution in [-0.4, -0.2) is 123 Å². The Morgan fingerprint density at radius 3 is 2.16 bits per heavy atom. The quantitative estimate of drug-likeness (QED) is 0.0807. The Bertz CT molecular complexity index is 3160. The highest BCUT2D eigenvalue weighted by molar-refractivity contribution is 7.12. The molecular formula is C56H68FN9O9S. The van der Waals surface area contributed by atoms with E-state index in [1.165, 1.54) is 20.3 Å². The number of rotatable bonds is 14. The number of carbonyl (C=O) groups excluding carboxylic acids is 4. The minimum atomic E-state index is -0.783. The van der Waals surface area contributed by atoms with Crippen molar-refractivity contribution < 1.29 is 47.3 Å². The summed E-state index contributed by atoms with van der Waals surface area (Å²) in [6, 6.07) is 13.3. The molecule has 0 spiro atoms. The molecule has 18 nitrogen and oxygen atoms in total. The summed E-state index contributed by atoms with van der Waals surface area (Å²) in [4.78, 5) is 75.3. The summed E-state index contributed by atoms with van der Waals surface area (Å²) >= 11 is 1.62. The van der Waals surface area contributed by atoms with E-state index >= 15 is 4.39 Å². The highest BCUT2D eigenvalue weighted by Gasteiger charge is 2.44. The number of aromatic nitrogens is 5. The number of likely N-dealkylation sites (tertiary alicyclic amines) is 2. The zero-order valence-electron chi connectivity index (χ0n) is 44.6. The average molecular weight is 1060 g/mol. The minimum absolute atomic E-state index is 0.137. The molecule has 4 aliphatic rings. The molecule has 3 saturated heterocycles. The molecule has 4 amide bonds. The van der Waals surface area contributed by atoms with Crippen LogP contribution >= 0.6 is 11.3 Å². The molecule has 4 aromatic heterocycles. The number of amides is 4. The van der Waals surface area contributed by atoms with Gasteiger partial charge in [-0.25, -0.2) is 23.9 Å². The molecule has 6 atom stereocenters. The van der Waals surface area contributed by atoms with Gasteiger partial charge in [-0.1, -0.05) is 19.9 Å². The second-order valence-electron chi connectivity index (χ2n) is 22.0. The van der Waals surface area contributed by atoms with Crippen molar-refractivity contribution in [2.75, 3.05) is 41.0 Å². The third-order valence-electron chi connectivity index (χ3n) is 15.5. The summed E-state index contributed by atoms with van der Waals surface area (Å²) in [5, 5.41) is 6.41. The summed E-state index contributed by atoms with van der Waals surface area (Å²) < 4.78 is 47.6. The van der Waals surface area contributed by atoms with E-state index in [2.05, 4.69) is 43.4 Å². The van der Waals surface area contributed by atoms with Gasteiger partial charge in [-0.15, -0.1) is 11.3 Å². The van der Waals surface area contributed by atoms with E-state index in [-0.39, 0.29) is 35.7 Å². The van der Waals surface area contributed by atoms with Crippen molar-refractivity contribution in [3.05, 3.63) is 88.1 Å². The van der Waals surface area contributed by atoms with Gasteiger partial charge in [0.25, 0.3) is 0 Å². The Balaban J connectivity index is 0.965. The Morgan fingerprint density at radius 2 is 1.51 bits per heavy atom. The molecule has 20 heteroatoms. The first kappa shape index (κ1) is 52.7. The van der Waals surface area contributed by atoms with E-state index in [4.69, 9.17) is 33.7 Å². The lowest BCUT2D eigenvalue weighted by atomic mass is 9.82. The number of hydrogen-bond acceptors (Lipinski definition) is 12. The van der Waals surface area contributed by atoms with Crippen molar-refractivity contribution in [3.63, 3.8) is 0 Å². The van der Waals surface area contributed by atoms with Gasteiger partial charge in [0.2, 0.25) is 18.0 Å². The average Bonchev–Trinajstić information content (AvgIpc) is 4.26. The van der Waals surface area contributed by atoms with Crippen LogP contribution in [0, 0.1) is 17.7 Å². The largest absolute Gasteiger partial charge is 0.464 e. The van der Waals surface area contributed by atoms with Gasteiger partial charge in [-0.3, -0.25) is 14.2 Å². The Morgan fingerprint density at radius 1 is 0.855 bits per heavy atom. The molecule has 0 radical (unpaired) electrons. The van der Waals surface area contributed by atoms with Crippen LogP contribution in [0.3, 0.4) is 0 Å². The van der Waals surface area contributed by atoms with E-state index in [1.54, 1.807) is 35.7 Å². The van der Waals surface area contributed by atoms with E-state index in [0.717, 1.165) is 44.8 Å². The maximum atomic E-state index is 17.1. The van der Waals surface area contributed by atoms with Gasteiger partial charge in [0, 0.05) is 54.6 Å². The van der Waals surface area contributed by atoms with Crippen LogP contribution < -0.4 is 15.4 Å². The number of benzene rings is 2. The predicted octanol–water partition coefficient (Wildman–Crippen LogP) is 9.83. The lowest BCUT2D eigenvalue weighted by Crippen LogP contribution is -2.54. The van der Waals surface area contributed by atoms with E-state index in [0.29, 0.717) is 91.7 Å². The molecule has 404 valence electrons. The van der Waals surface area contributed by atoms with Gasteiger partial charge in [0.15, 0.2) is 0 Å².